The number of ether oxygens (including phenoxy) is 1. The standard InChI is InChI=1S/C26H28N4O2.C9H9N/c1-32-23-15-12-21(13-16-23)19-30(24(27)17-14-20-8-4-2-5-9-20)25(28)18-29-26(31)22-10-6-3-7-11-22;1-7-6-10-9-5-3-2-4-8(7)9/h2-13,15-16,27-28H,14,17-19H2,1H3,(H,29,31);2-6,10H,1H3. The number of methoxy groups -OCH3 is 1. The first-order valence-corrected chi connectivity index (χ1v) is 13.9. The van der Waals surface area contributed by atoms with Gasteiger partial charge < -0.3 is 19.9 Å². The molecule has 0 unspecified atom stereocenters. The highest BCUT2D eigenvalue weighted by Gasteiger charge is 2.17. The van der Waals surface area contributed by atoms with Crippen molar-refractivity contribution < 1.29 is 9.53 Å². The topological polar surface area (TPSA) is 105 Å². The van der Waals surface area contributed by atoms with Crippen molar-refractivity contribution in [2.45, 2.75) is 26.3 Å². The third kappa shape index (κ3) is 8.41. The van der Waals surface area contributed by atoms with E-state index in [0.29, 0.717) is 30.8 Å². The maximum absolute atomic E-state index is 12.4. The fourth-order valence-electron chi connectivity index (χ4n) is 4.48. The van der Waals surface area contributed by atoms with E-state index in [1.54, 1.807) is 36.3 Å². The molecule has 0 atom stereocenters. The third-order valence-electron chi connectivity index (χ3n) is 6.89. The molecule has 0 aliphatic carbocycles. The molecule has 4 aromatic carbocycles. The number of aromatic amines is 1. The highest BCUT2D eigenvalue weighted by molar-refractivity contribution is 6.02. The molecule has 4 N–H and O–H groups in total. The van der Waals surface area contributed by atoms with E-state index < -0.39 is 0 Å². The van der Waals surface area contributed by atoms with Gasteiger partial charge in [-0.2, -0.15) is 0 Å². The number of benzene rings is 4. The lowest BCUT2D eigenvalue weighted by Gasteiger charge is -2.26. The Morgan fingerprint density at radius 1 is 0.810 bits per heavy atom. The summed E-state index contributed by atoms with van der Waals surface area (Å²) in [6.45, 7) is 2.52. The lowest BCUT2D eigenvalue weighted by atomic mass is 10.1. The van der Waals surface area contributed by atoms with Crippen LogP contribution in [-0.4, -0.2) is 41.1 Å². The second-order valence-electron chi connectivity index (χ2n) is 9.88. The molecule has 0 saturated carbocycles. The van der Waals surface area contributed by atoms with E-state index >= 15 is 0 Å². The summed E-state index contributed by atoms with van der Waals surface area (Å²) in [6.07, 6.45) is 3.24. The van der Waals surface area contributed by atoms with Gasteiger partial charge >= 0.3 is 0 Å². The number of nitrogens with zero attached hydrogens (tertiary/aromatic N) is 1. The van der Waals surface area contributed by atoms with Crippen LogP contribution in [0.2, 0.25) is 0 Å². The fraction of sp³-hybridized carbons (Fsp3) is 0.171. The SMILES string of the molecule is COc1ccc(CN(C(=N)CCc2ccccc2)C(=N)CNC(=O)c2ccccc2)cc1.Cc1c[nH]c2ccccc12. The number of carbonyl (C=O) groups is 1. The average molecular weight is 560 g/mol. The van der Waals surface area contributed by atoms with Crippen molar-refractivity contribution in [3.8, 4) is 5.75 Å². The first-order valence-electron chi connectivity index (χ1n) is 13.9. The molecule has 0 bridgehead atoms. The molecular weight excluding hydrogens is 522 g/mol. The summed E-state index contributed by atoms with van der Waals surface area (Å²) >= 11 is 0. The zero-order valence-electron chi connectivity index (χ0n) is 24.1. The van der Waals surface area contributed by atoms with Gasteiger partial charge in [0, 0.05) is 29.1 Å². The number of amides is 1. The molecule has 7 nitrogen and oxygen atoms in total. The zero-order chi connectivity index (χ0) is 29.7. The minimum Gasteiger partial charge on any atom is -0.497 e. The predicted octanol–water partition coefficient (Wildman–Crippen LogP) is 6.99. The Kier molecular flexibility index (Phi) is 10.6. The summed E-state index contributed by atoms with van der Waals surface area (Å²) in [5, 5.41) is 21.4. The van der Waals surface area contributed by atoms with E-state index in [-0.39, 0.29) is 18.3 Å². The summed E-state index contributed by atoms with van der Waals surface area (Å²) in [4.78, 5) is 17.2. The molecule has 214 valence electrons. The van der Waals surface area contributed by atoms with E-state index in [9.17, 15) is 4.79 Å². The van der Waals surface area contributed by atoms with Gasteiger partial charge in [-0.15, -0.1) is 0 Å². The number of H-pyrrole nitrogens is 1. The predicted molar refractivity (Wildman–Crippen MR) is 171 cm³/mol. The fourth-order valence-corrected chi connectivity index (χ4v) is 4.48. The Hall–Kier alpha value is -5.17. The van der Waals surface area contributed by atoms with Crippen LogP contribution in [-0.2, 0) is 13.0 Å². The first kappa shape index (κ1) is 29.8. The van der Waals surface area contributed by atoms with Crippen LogP contribution in [0.1, 0.15) is 33.5 Å². The number of nitrogens with one attached hydrogen (secondary N) is 4. The molecule has 5 rings (SSSR count). The second kappa shape index (κ2) is 15.0. The normalized spacial score (nSPS) is 10.3. The summed E-state index contributed by atoms with van der Waals surface area (Å²) in [5.41, 5.74) is 5.18. The van der Waals surface area contributed by atoms with E-state index in [1.165, 1.54) is 16.5 Å². The molecule has 0 fully saturated rings. The Morgan fingerprint density at radius 3 is 2.12 bits per heavy atom. The lowest BCUT2D eigenvalue weighted by molar-refractivity contribution is 0.0958. The molecule has 1 heterocycles. The Morgan fingerprint density at radius 2 is 1.45 bits per heavy atom. The minimum absolute atomic E-state index is 0.0393. The molecule has 0 saturated heterocycles. The van der Waals surface area contributed by atoms with Gasteiger partial charge in [0.1, 0.15) is 17.4 Å². The summed E-state index contributed by atoms with van der Waals surface area (Å²) in [5.74, 6) is 1.02. The van der Waals surface area contributed by atoms with Crippen LogP contribution in [0.25, 0.3) is 10.9 Å². The van der Waals surface area contributed by atoms with Crippen LogP contribution in [0, 0.1) is 17.7 Å². The van der Waals surface area contributed by atoms with Gasteiger partial charge in [0.2, 0.25) is 0 Å². The van der Waals surface area contributed by atoms with Crippen LogP contribution < -0.4 is 10.1 Å². The molecule has 42 heavy (non-hydrogen) atoms. The summed E-state index contributed by atoms with van der Waals surface area (Å²) in [7, 11) is 1.62. The largest absolute Gasteiger partial charge is 0.497 e. The average Bonchev–Trinajstić information content (AvgIpc) is 3.43. The van der Waals surface area contributed by atoms with Gasteiger partial charge in [-0.05, 0) is 60.4 Å². The van der Waals surface area contributed by atoms with E-state index in [2.05, 4.69) is 35.4 Å². The molecule has 0 radical (unpaired) electrons. The number of hydrogen-bond acceptors (Lipinski definition) is 4. The van der Waals surface area contributed by atoms with Crippen molar-refractivity contribution in [1.82, 2.24) is 15.2 Å². The van der Waals surface area contributed by atoms with Gasteiger partial charge in [0.25, 0.3) is 5.91 Å². The number of para-hydroxylation sites is 1. The van der Waals surface area contributed by atoms with Gasteiger partial charge in [-0.25, -0.2) is 0 Å². The number of hydrogen-bond donors (Lipinski definition) is 4. The molecule has 0 aliphatic heterocycles. The molecule has 1 aromatic heterocycles. The number of carbonyl (C=O) groups excluding carboxylic acids is 1. The lowest BCUT2D eigenvalue weighted by Crippen LogP contribution is -2.42. The number of amidine groups is 2. The number of fused-ring (bicyclic) bond motifs is 1. The summed E-state index contributed by atoms with van der Waals surface area (Å²) < 4.78 is 5.22. The van der Waals surface area contributed by atoms with E-state index in [0.717, 1.165) is 16.9 Å². The van der Waals surface area contributed by atoms with Gasteiger partial charge in [-0.3, -0.25) is 15.6 Å². The van der Waals surface area contributed by atoms with Crippen molar-refractivity contribution >= 4 is 28.5 Å². The van der Waals surface area contributed by atoms with Crippen LogP contribution in [0.15, 0.2) is 115 Å². The van der Waals surface area contributed by atoms with Crippen LogP contribution in [0.5, 0.6) is 5.75 Å². The maximum atomic E-state index is 12.4. The van der Waals surface area contributed by atoms with Crippen molar-refractivity contribution in [2.24, 2.45) is 0 Å². The van der Waals surface area contributed by atoms with E-state index in [4.69, 9.17) is 15.6 Å². The van der Waals surface area contributed by atoms with Crippen molar-refractivity contribution in [3.63, 3.8) is 0 Å². The highest BCUT2D eigenvalue weighted by Crippen LogP contribution is 2.16. The molecule has 7 heteroatoms. The van der Waals surface area contributed by atoms with Crippen molar-refractivity contribution in [2.75, 3.05) is 13.7 Å². The van der Waals surface area contributed by atoms with Gasteiger partial charge in [0.05, 0.1) is 20.2 Å². The molecule has 0 spiro atoms. The van der Waals surface area contributed by atoms with Crippen LogP contribution in [0.3, 0.4) is 0 Å². The Balaban J connectivity index is 0.000000337. The zero-order valence-corrected chi connectivity index (χ0v) is 24.1. The number of aromatic nitrogens is 1. The Labute approximate surface area is 247 Å². The van der Waals surface area contributed by atoms with Crippen LogP contribution in [0.4, 0.5) is 0 Å². The number of rotatable bonds is 9. The highest BCUT2D eigenvalue weighted by atomic mass is 16.5. The Bertz CT molecular complexity index is 1600. The molecular formula is C35H37N5O2. The van der Waals surface area contributed by atoms with Crippen LogP contribution >= 0.6 is 0 Å². The second-order valence-corrected chi connectivity index (χ2v) is 9.88. The minimum atomic E-state index is -0.240. The molecule has 0 aliphatic rings. The monoisotopic (exact) mass is 559 g/mol. The molecule has 1 amide bonds. The molecule has 5 aromatic rings. The third-order valence-corrected chi connectivity index (χ3v) is 6.89. The maximum Gasteiger partial charge on any atom is 0.251 e. The van der Waals surface area contributed by atoms with Crippen molar-refractivity contribution in [1.29, 1.82) is 10.8 Å². The smallest absolute Gasteiger partial charge is 0.251 e. The first-order chi connectivity index (χ1) is 20.4. The quantitative estimate of drug-likeness (QED) is 0.116. The summed E-state index contributed by atoms with van der Waals surface area (Å²) in [6, 6.07) is 34.8. The van der Waals surface area contributed by atoms with Crippen molar-refractivity contribution in [3.05, 3.63) is 138 Å². The van der Waals surface area contributed by atoms with Gasteiger partial charge in [-0.1, -0.05) is 78.9 Å². The van der Waals surface area contributed by atoms with E-state index in [1.807, 2.05) is 72.9 Å². The number of aryl methyl sites for hydroxylation is 2. The van der Waals surface area contributed by atoms with Gasteiger partial charge in [0.15, 0.2) is 0 Å².